The maximum absolute atomic E-state index is 10.3. The molecule has 194 valence electrons. The van der Waals surface area contributed by atoms with Gasteiger partial charge in [0.2, 0.25) is 0 Å². The first-order valence-corrected chi connectivity index (χ1v) is 14.2. The van der Waals surface area contributed by atoms with E-state index >= 15 is 0 Å². The second-order valence-electron chi connectivity index (χ2n) is 11.0. The molecule has 0 aromatic carbocycles. The van der Waals surface area contributed by atoms with Crippen molar-refractivity contribution in [3.05, 3.63) is 0 Å². The van der Waals surface area contributed by atoms with Crippen LogP contribution in [0.4, 0.5) is 0 Å². The average Bonchev–Trinajstić information content (AvgIpc) is 2.73. The highest BCUT2D eigenvalue weighted by molar-refractivity contribution is 5.67. The number of hydrogen-bond acceptors (Lipinski definition) is 2. The fraction of sp³-hybridized carbons (Fsp3) is 0.966. The van der Waals surface area contributed by atoms with Crippen molar-refractivity contribution in [3.63, 3.8) is 0 Å². The van der Waals surface area contributed by atoms with Crippen LogP contribution in [0.2, 0.25) is 0 Å². The summed E-state index contributed by atoms with van der Waals surface area (Å²) >= 11 is 0. The van der Waals surface area contributed by atoms with E-state index in [2.05, 4.69) is 41.8 Å². The van der Waals surface area contributed by atoms with Gasteiger partial charge in [-0.15, -0.1) is 0 Å². The minimum absolute atomic E-state index is 0.222. The second kappa shape index (κ2) is 23.6. The minimum Gasteiger partial charge on any atom is -0.550 e. The van der Waals surface area contributed by atoms with Crippen LogP contribution in [0.5, 0.6) is 0 Å². The van der Waals surface area contributed by atoms with Crippen LogP contribution < -0.4 is 5.11 Å². The van der Waals surface area contributed by atoms with Crippen LogP contribution in [0.3, 0.4) is 0 Å². The summed E-state index contributed by atoms with van der Waals surface area (Å²) in [6, 6.07) is 0. The Morgan fingerprint density at radius 1 is 0.656 bits per heavy atom. The molecule has 0 fully saturated rings. The first-order chi connectivity index (χ1) is 15.2. The van der Waals surface area contributed by atoms with Crippen molar-refractivity contribution < 1.29 is 14.4 Å². The molecule has 0 aromatic heterocycles. The summed E-state index contributed by atoms with van der Waals surface area (Å²) in [6.07, 6.45) is 22.2. The number of carboxylic acid groups (broad SMARTS) is 1. The van der Waals surface area contributed by atoms with Gasteiger partial charge in [-0.2, -0.15) is 0 Å². The van der Waals surface area contributed by atoms with Gasteiger partial charge in [0.05, 0.1) is 27.2 Å². The van der Waals surface area contributed by atoms with Crippen molar-refractivity contribution in [1.82, 2.24) is 0 Å². The van der Waals surface area contributed by atoms with Crippen LogP contribution in [0.25, 0.3) is 0 Å². The highest BCUT2D eigenvalue weighted by atomic mass is 16.4. The third-order valence-corrected chi connectivity index (χ3v) is 6.64. The molecule has 0 saturated carbocycles. The molecular formula is C29H61NO2. The largest absolute Gasteiger partial charge is 0.550 e. The van der Waals surface area contributed by atoms with Gasteiger partial charge >= 0.3 is 0 Å². The first kappa shape index (κ1) is 33.6. The molecule has 0 saturated heterocycles. The van der Waals surface area contributed by atoms with Gasteiger partial charge < -0.3 is 14.4 Å². The van der Waals surface area contributed by atoms with Crippen molar-refractivity contribution in [3.8, 4) is 0 Å². The number of quaternary nitrogens is 1. The van der Waals surface area contributed by atoms with Crippen LogP contribution in [0, 0.1) is 11.8 Å². The smallest absolute Gasteiger partial charge is 0.0782 e. The number of carboxylic acids is 1. The molecule has 0 aromatic rings. The summed E-state index contributed by atoms with van der Waals surface area (Å²) in [4.78, 5) is 10.3. The van der Waals surface area contributed by atoms with Gasteiger partial charge in [0, 0.05) is 5.97 Å². The summed E-state index contributed by atoms with van der Waals surface area (Å²) in [5, 5.41) is 10.3. The van der Waals surface area contributed by atoms with Gasteiger partial charge in [-0.05, 0) is 50.4 Å². The SMILES string of the molecule is CCCCC(CC)C(=O)[O-].CCCCCCCCCC[N+](C)(C)CCCCCCC(C)C. The van der Waals surface area contributed by atoms with Gasteiger partial charge in [0.15, 0.2) is 0 Å². The molecule has 0 rings (SSSR count). The quantitative estimate of drug-likeness (QED) is 0.131. The Kier molecular flexibility index (Phi) is 24.8. The van der Waals surface area contributed by atoms with Crippen molar-refractivity contribution in [2.75, 3.05) is 27.2 Å². The maximum Gasteiger partial charge on any atom is 0.0782 e. The zero-order valence-electron chi connectivity index (χ0n) is 23.4. The lowest BCUT2D eigenvalue weighted by molar-refractivity contribution is -0.890. The Hall–Kier alpha value is -0.570. The van der Waals surface area contributed by atoms with E-state index in [9.17, 15) is 9.90 Å². The zero-order valence-corrected chi connectivity index (χ0v) is 23.4. The number of rotatable bonds is 21. The molecule has 1 atom stereocenters. The minimum atomic E-state index is -0.893. The molecule has 0 bridgehead atoms. The van der Waals surface area contributed by atoms with Crippen LogP contribution in [-0.2, 0) is 4.79 Å². The number of aliphatic carboxylic acids is 1. The molecule has 3 nitrogen and oxygen atoms in total. The van der Waals surface area contributed by atoms with E-state index in [0.29, 0.717) is 6.42 Å². The van der Waals surface area contributed by atoms with Crippen molar-refractivity contribution in [2.45, 2.75) is 144 Å². The molecule has 0 amide bonds. The number of hydrogen-bond donors (Lipinski definition) is 0. The maximum atomic E-state index is 10.3. The summed E-state index contributed by atoms with van der Waals surface area (Å²) in [5.74, 6) is -0.231. The lowest BCUT2D eigenvalue weighted by Crippen LogP contribution is -2.41. The third-order valence-electron chi connectivity index (χ3n) is 6.64. The van der Waals surface area contributed by atoms with Crippen LogP contribution in [0.1, 0.15) is 144 Å². The highest BCUT2D eigenvalue weighted by Gasteiger charge is 2.13. The van der Waals surface area contributed by atoms with E-state index in [1.54, 1.807) is 0 Å². The summed E-state index contributed by atoms with van der Waals surface area (Å²) in [6.45, 7) is 13.7. The number of unbranched alkanes of at least 4 members (excludes halogenated alkanes) is 11. The predicted molar refractivity (Wildman–Crippen MR) is 141 cm³/mol. The summed E-state index contributed by atoms with van der Waals surface area (Å²) in [7, 11) is 4.85. The van der Waals surface area contributed by atoms with Gasteiger partial charge in [0.1, 0.15) is 0 Å². The highest BCUT2D eigenvalue weighted by Crippen LogP contribution is 2.13. The molecule has 0 N–H and O–H groups in total. The van der Waals surface area contributed by atoms with Crippen LogP contribution in [0.15, 0.2) is 0 Å². The first-order valence-electron chi connectivity index (χ1n) is 14.2. The van der Waals surface area contributed by atoms with E-state index in [0.717, 1.165) is 25.2 Å². The lowest BCUT2D eigenvalue weighted by Gasteiger charge is -2.30. The topological polar surface area (TPSA) is 40.1 Å². The Morgan fingerprint density at radius 2 is 1.09 bits per heavy atom. The zero-order chi connectivity index (χ0) is 24.7. The fourth-order valence-corrected chi connectivity index (χ4v) is 4.17. The van der Waals surface area contributed by atoms with Gasteiger partial charge in [-0.3, -0.25) is 0 Å². The molecule has 0 aliphatic rings. The van der Waals surface area contributed by atoms with E-state index in [1.807, 2.05) is 6.92 Å². The molecule has 0 aliphatic carbocycles. The molecule has 0 spiro atoms. The molecule has 0 radical (unpaired) electrons. The number of carbonyl (C=O) groups excluding carboxylic acids is 1. The number of carbonyl (C=O) groups is 1. The van der Waals surface area contributed by atoms with Crippen molar-refractivity contribution in [2.24, 2.45) is 11.8 Å². The molecule has 0 aliphatic heterocycles. The fourth-order valence-electron chi connectivity index (χ4n) is 4.17. The monoisotopic (exact) mass is 455 g/mol. The molecule has 3 heteroatoms. The molecule has 0 heterocycles. The Morgan fingerprint density at radius 3 is 1.50 bits per heavy atom. The van der Waals surface area contributed by atoms with E-state index in [1.165, 1.54) is 101 Å². The third kappa shape index (κ3) is 25.7. The second-order valence-corrected chi connectivity index (χ2v) is 11.0. The van der Waals surface area contributed by atoms with Crippen LogP contribution >= 0.6 is 0 Å². The summed E-state index contributed by atoms with van der Waals surface area (Å²) < 4.78 is 1.24. The average molecular weight is 456 g/mol. The van der Waals surface area contributed by atoms with Gasteiger partial charge in [-0.25, -0.2) is 0 Å². The molecule has 1 unspecified atom stereocenters. The van der Waals surface area contributed by atoms with E-state index in [4.69, 9.17) is 0 Å². The Bertz CT molecular complexity index is 393. The lowest BCUT2D eigenvalue weighted by atomic mass is 10.00. The molecular weight excluding hydrogens is 394 g/mol. The Balaban J connectivity index is 0. The van der Waals surface area contributed by atoms with Crippen molar-refractivity contribution in [1.29, 1.82) is 0 Å². The van der Waals surface area contributed by atoms with E-state index in [-0.39, 0.29) is 5.92 Å². The normalized spacial score (nSPS) is 12.5. The number of nitrogens with zero attached hydrogens (tertiary/aromatic N) is 1. The Labute approximate surface area is 203 Å². The predicted octanol–water partition coefficient (Wildman–Crippen LogP) is 7.76. The molecule has 32 heavy (non-hydrogen) atoms. The van der Waals surface area contributed by atoms with Gasteiger partial charge in [-0.1, -0.05) is 105 Å². The van der Waals surface area contributed by atoms with Gasteiger partial charge in [0.25, 0.3) is 0 Å². The van der Waals surface area contributed by atoms with Crippen molar-refractivity contribution >= 4 is 5.97 Å². The van der Waals surface area contributed by atoms with Crippen LogP contribution in [-0.4, -0.2) is 37.6 Å². The summed E-state index contributed by atoms with van der Waals surface area (Å²) in [5.41, 5.74) is 0. The van der Waals surface area contributed by atoms with E-state index < -0.39 is 5.97 Å². The standard InChI is InChI=1S/C21H46N.C8H16O2/c1-6-7-8-9-10-11-13-16-19-22(4,5)20-17-14-12-15-18-21(2)3;1-3-5-6-7(4-2)8(9)10/h21H,6-20H2,1-5H3;7H,3-6H2,1-2H3,(H,9,10)/q+1;/p-1.